The van der Waals surface area contributed by atoms with Crippen LogP contribution in [0.4, 0.5) is 0 Å². The fraction of sp³-hybridized carbons (Fsp3) is 0.261. The molecule has 0 saturated carbocycles. The number of aromatic nitrogens is 4. The van der Waals surface area contributed by atoms with Gasteiger partial charge in [0.2, 0.25) is 0 Å². The summed E-state index contributed by atoms with van der Waals surface area (Å²) in [6, 6.07) is 13.9. The quantitative estimate of drug-likeness (QED) is 0.535. The molecule has 1 amide bonds. The van der Waals surface area contributed by atoms with Gasteiger partial charge in [0.25, 0.3) is 5.91 Å². The van der Waals surface area contributed by atoms with Crippen molar-refractivity contribution in [1.82, 2.24) is 24.4 Å². The van der Waals surface area contributed by atoms with Gasteiger partial charge in [0, 0.05) is 31.3 Å². The van der Waals surface area contributed by atoms with E-state index in [2.05, 4.69) is 15.3 Å². The number of H-pyrrole nitrogens is 1. The second-order valence-corrected chi connectivity index (χ2v) is 7.33. The van der Waals surface area contributed by atoms with E-state index in [1.54, 1.807) is 16.2 Å². The molecular formula is C23H25N5O2. The molecule has 7 nitrogen and oxygen atoms in total. The summed E-state index contributed by atoms with van der Waals surface area (Å²) in [5, 5.41) is 2.79. The molecule has 2 aromatic carbocycles. The van der Waals surface area contributed by atoms with Gasteiger partial charge in [-0.25, -0.2) is 9.78 Å². The van der Waals surface area contributed by atoms with Crippen molar-refractivity contribution in [3.05, 3.63) is 64.3 Å². The number of carbonyl (C=O) groups excluding carboxylic acids is 1. The van der Waals surface area contributed by atoms with Crippen LogP contribution in [0, 0.1) is 6.92 Å². The monoisotopic (exact) mass is 403 g/mol. The average Bonchev–Trinajstić information content (AvgIpc) is 3.28. The van der Waals surface area contributed by atoms with Crippen LogP contribution in [-0.4, -0.2) is 31.6 Å². The number of nitrogens with one attached hydrogen (secondary N) is 2. The Hall–Kier alpha value is -3.61. The zero-order chi connectivity index (χ0) is 21.4. The van der Waals surface area contributed by atoms with Crippen molar-refractivity contribution in [3.63, 3.8) is 0 Å². The minimum atomic E-state index is -0.247. The maximum atomic E-state index is 12.5. The molecule has 0 saturated heterocycles. The van der Waals surface area contributed by atoms with E-state index >= 15 is 0 Å². The predicted molar refractivity (Wildman–Crippen MR) is 119 cm³/mol. The fourth-order valence-corrected chi connectivity index (χ4v) is 3.80. The van der Waals surface area contributed by atoms with Crippen LogP contribution in [0.3, 0.4) is 0 Å². The number of amides is 1. The highest BCUT2D eigenvalue weighted by Gasteiger charge is 2.19. The molecule has 0 atom stereocenters. The Labute approximate surface area is 174 Å². The second kappa shape index (κ2) is 7.67. The van der Waals surface area contributed by atoms with Crippen LogP contribution in [0.1, 0.15) is 30.0 Å². The van der Waals surface area contributed by atoms with Crippen molar-refractivity contribution in [2.75, 3.05) is 6.54 Å². The predicted octanol–water partition coefficient (Wildman–Crippen LogP) is 3.48. The maximum Gasteiger partial charge on any atom is 0.328 e. The van der Waals surface area contributed by atoms with Crippen molar-refractivity contribution in [3.8, 4) is 22.5 Å². The molecule has 2 heterocycles. The number of nitrogens with zero attached hydrogens (tertiary/aromatic N) is 3. The van der Waals surface area contributed by atoms with Gasteiger partial charge in [0.05, 0.1) is 22.4 Å². The number of rotatable bonds is 5. The van der Waals surface area contributed by atoms with E-state index in [-0.39, 0.29) is 17.4 Å². The Balaban J connectivity index is 1.94. The minimum Gasteiger partial charge on any atom is -0.350 e. The third-order valence-corrected chi connectivity index (χ3v) is 5.30. The van der Waals surface area contributed by atoms with E-state index in [0.717, 1.165) is 33.4 Å². The van der Waals surface area contributed by atoms with Crippen LogP contribution in [0.25, 0.3) is 33.5 Å². The van der Waals surface area contributed by atoms with Gasteiger partial charge in [0.1, 0.15) is 0 Å². The molecule has 0 aliphatic heterocycles. The number of imidazole rings is 2. The summed E-state index contributed by atoms with van der Waals surface area (Å²) >= 11 is 0. The molecule has 0 bridgehead atoms. The lowest BCUT2D eigenvalue weighted by Crippen LogP contribution is -2.23. The molecule has 0 spiro atoms. The molecule has 0 radical (unpaired) electrons. The Morgan fingerprint density at radius 3 is 2.60 bits per heavy atom. The number of aryl methyl sites for hydroxylation is 3. The van der Waals surface area contributed by atoms with E-state index < -0.39 is 0 Å². The Morgan fingerprint density at radius 1 is 1.10 bits per heavy atom. The van der Waals surface area contributed by atoms with Crippen LogP contribution in [-0.2, 0) is 13.6 Å². The lowest BCUT2D eigenvalue weighted by Gasteiger charge is -2.06. The second-order valence-electron chi connectivity index (χ2n) is 7.33. The summed E-state index contributed by atoms with van der Waals surface area (Å²) in [5.41, 5.74) is 6.04. The Bertz CT molecular complexity index is 1310. The molecular weight excluding hydrogens is 378 g/mol. The number of carbonyl (C=O) groups is 1. The van der Waals surface area contributed by atoms with Gasteiger partial charge in [-0.1, -0.05) is 29.8 Å². The molecule has 0 aliphatic rings. The Morgan fingerprint density at radius 2 is 1.90 bits per heavy atom. The summed E-state index contributed by atoms with van der Waals surface area (Å²) in [6.07, 6.45) is 0. The first-order valence-electron chi connectivity index (χ1n) is 10.1. The summed E-state index contributed by atoms with van der Waals surface area (Å²) in [7, 11) is 1.77. The van der Waals surface area contributed by atoms with E-state index in [1.165, 1.54) is 0 Å². The number of hydrogen-bond donors (Lipinski definition) is 2. The average molecular weight is 403 g/mol. The van der Waals surface area contributed by atoms with E-state index in [1.807, 2.05) is 63.2 Å². The van der Waals surface area contributed by atoms with Crippen LogP contribution in [0.5, 0.6) is 0 Å². The fourth-order valence-electron chi connectivity index (χ4n) is 3.80. The molecule has 2 N–H and O–H groups in total. The van der Waals surface area contributed by atoms with Gasteiger partial charge in [-0.05, 0) is 39.0 Å². The molecule has 4 aromatic rings. The lowest BCUT2D eigenvalue weighted by atomic mass is 10.0. The molecule has 4 rings (SSSR count). The third-order valence-electron chi connectivity index (χ3n) is 5.30. The number of aromatic amines is 1. The summed E-state index contributed by atoms with van der Waals surface area (Å²) < 4.78 is 3.39. The van der Waals surface area contributed by atoms with Crippen molar-refractivity contribution in [2.45, 2.75) is 27.3 Å². The minimum absolute atomic E-state index is 0.0452. The molecule has 30 heavy (non-hydrogen) atoms. The lowest BCUT2D eigenvalue weighted by molar-refractivity contribution is 0.0946. The van der Waals surface area contributed by atoms with Crippen LogP contribution in [0.15, 0.2) is 47.3 Å². The smallest absolute Gasteiger partial charge is 0.328 e. The number of hydrogen-bond acceptors (Lipinski definition) is 3. The van der Waals surface area contributed by atoms with E-state index in [4.69, 9.17) is 0 Å². The van der Waals surface area contributed by atoms with Crippen LogP contribution >= 0.6 is 0 Å². The first-order valence-corrected chi connectivity index (χ1v) is 10.1. The number of benzene rings is 2. The molecule has 0 unspecified atom stereocenters. The van der Waals surface area contributed by atoms with Gasteiger partial charge in [-0.15, -0.1) is 0 Å². The van der Waals surface area contributed by atoms with Crippen LogP contribution in [0.2, 0.25) is 0 Å². The normalized spacial score (nSPS) is 11.2. The molecule has 154 valence electrons. The van der Waals surface area contributed by atoms with Gasteiger partial charge >= 0.3 is 5.69 Å². The zero-order valence-corrected chi connectivity index (χ0v) is 17.6. The van der Waals surface area contributed by atoms with Crippen molar-refractivity contribution < 1.29 is 4.79 Å². The SMILES string of the molecule is CCNC(=O)c1nc(-c2cccc(C)c2)c(-c2ccc3c(c2)n(C)c(=O)n3CC)[nH]1. The Kier molecular flexibility index (Phi) is 5.03. The highest BCUT2D eigenvalue weighted by molar-refractivity contribution is 5.94. The van der Waals surface area contributed by atoms with Crippen molar-refractivity contribution in [2.24, 2.45) is 7.05 Å². The van der Waals surface area contributed by atoms with Crippen molar-refractivity contribution >= 4 is 16.9 Å². The standard InChI is InChI=1S/C23H25N5O2/c1-5-24-22(29)21-25-19(15-9-7-8-14(3)12-15)20(26-21)16-10-11-17-18(13-16)27(4)23(30)28(17)6-2/h7-13H,5-6H2,1-4H3,(H,24,29)(H,25,26). The summed E-state index contributed by atoms with van der Waals surface area (Å²) in [6.45, 7) is 6.98. The maximum absolute atomic E-state index is 12.5. The molecule has 2 aromatic heterocycles. The third kappa shape index (κ3) is 3.22. The van der Waals surface area contributed by atoms with Crippen molar-refractivity contribution in [1.29, 1.82) is 0 Å². The highest BCUT2D eigenvalue weighted by Crippen LogP contribution is 2.32. The highest BCUT2D eigenvalue weighted by atomic mass is 16.2. The van der Waals surface area contributed by atoms with Gasteiger partial charge in [-0.2, -0.15) is 0 Å². The van der Waals surface area contributed by atoms with Gasteiger partial charge in [0.15, 0.2) is 5.82 Å². The molecule has 7 heteroatoms. The summed E-state index contributed by atoms with van der Waals surface area (Å²) in [5.74, 6) is 0.0201. The van der Waals surface area contributed by atoms with Crippen LogP contribution < -0.4 is 11.0 Å². The van der Waals surface area contributed by atoms with Gasteiger partial charge < -0.3 is 10.3 Å². The molecule has 0 fully saturated rings. The number of fused-ring (bicyclic) bond motifs is 1. The van der Waals surface area contributed by atoms with E-state index in [0.29, 0.717) is 18.8 Å². The van der Waals surface area contributed by atoms with E-state index in [9.17, 15) is 9.59 Å². The summed E-state index contributed by atoms with van der Waals surface area (Å²) in [4.78, 5) is 32.8. The molecule has 0 aliphatic carbocycles. The zero-order valence-electron chi connectivity index (χ0n) is 17.6. The van der Waals surface area contributed by atoms with Gasteiger partial charge in [-0.3, -0.25) is 13.9 Å². The first-order chi connectivity index (χ1) is 14.4. The largest absolute Gasteiger partial charge is 0.350 e. The first kappa shape index (κ1) is 19.7. The topological polar surface area (TPSA) is 84.7 Å².